The van der Waals surface area contributed by atoms with E-state index in [0.29, 0.717) is 12.1 Å². The highest BCUT2D eigenvalue weighted by Crippen LogP contribution is 2.44. The molecule has 4 nitrogen and oxygen atoms in total. The first kappa shape index (κ1) is 17.8. The molecular weight excluding hydrogens is 353 g/mol. The predicted octanol–water partition coefficient (Wildman–Crippen LogP) is 4.26. The Morgan fingerprint density at radius 2 is 1.89 bits per heavy atom. The van der Waals surface area contributed by atoms with Gasteiger partial charge in [-0.2, -0.15) is 0 Å². The zero-order chi connectivity index (χ0) is 19.1. The Bertz CT molecular complexity index is 835. The molecule has 3 heterocycles. The van der Waals surface area contributed by atoms with Gasteiger partial charge in [-0.1, -0.05) is 18.2 Å². The smallest absolute Gasteiger partial charge is 0.125 e. The van der Waals surface area contributed by atoms with Crippen LogP contribution in [0.2, 0.25) is 0 Å². The van der Waals surface area contributed by atoms with E-state index >= 15 is 0 Å². The number of anilines is 2. The summed E-state index contributed by atoms with van der Waals surface area (Å²) in [5.74, 6) is 0.834. The van der Waals surface area contributed by atoms with E-state index in [1.54, 1.807) is 12.1 Å². The van der Waals surface area contributed by atoms with Crippen molar-refractivity contribution >= 4 is 11.4 Å². The summed E-state index contributed by atoms with van der Waals surface area (Å²) >= 11 is 0. The fraction of sp³-hybridized carbons (Fsp3) is 0.478. The summed E-state index contributed by atoms with van der Waals surface area (Å²) in [7, 11) is 0. The Balaban J connectivity index is 1.22. The maximum Gasteiger partial charge on any atom is 0.125 e. The predicted molar refractivity (Wildman–Crippen MR) is 111 cm³/mol. The normalized spacial score (nSPS) is 24.7. The SMILES string of the molecule is CC1CCc2cc(F)cc3c2N1C(CN1CCC(Oc2ccccc2)CC1)N3. The minimum absolute atomic E-state index is 0.129. The molecule has 0 radical (unpaired) electrons. The van der Waals surface area contributed by atoms with Gasteiger partial charge in [0, 0.05) is 25.7 Å². The number of hydrogen-bond acceptors (Lipinski definition) is 4. The molecule has 1 saturated heterocycles. The Morgan fingerprint density at radius 1 is 1.11 bits per heavy atom. The molecule has 0 aliphatic carbocycles. The third-order valence-corrected chi connectivity index (χ3v) is 6.39. The molecule has 1 N–H and O–H groups in total. The number of piperidine rings is 1. The number of nitrogens with one attached hydrogen (secondary N) is 1. The zero-order valence-corrected chi connectivity index (χ0v) is 16.4. The molecule has 1 fully saturated rings. The first-order chi connectivity index (χ1) is 13.7. The summed E-state index contributed by atoms with van der Waals surface area (Å²) in [4.78, 5) is 5.01. The molecule has 0 saturated carbocycles. The Morgan fingerprint density at radius 3 is 2.68 bits per heavy atom. The molecule has 2 aromatic rings. The molecule has 2 atom stereocenters. The maximum atomic E-state index is 14.0. The van der Waals surface area contributed by atoms with Crippen molar-refractivity contribution in [3.8, 4) is 5.75 Å². The van der Waals surface area contributed by atoms with Crippen LogP contribution >= 0.6 is 0 Å². The molecule has 0 spiro atoms. The Kier molecular flexibility index (Phi) is 4.63. The van der Waals surface area contributed by atoms with Gasteiger partial charge in [0.15, 0.2) is 0 Å². The van der Waals surface area contributed by atoms with Crippen LogP contribution < -0.4 is 15.0 Å². The van der Waals surface area contributed by atoms with Crippen LogP contribution in [0.1, 0.15) is 31.7 Å². The minimum atomic E-state index is -0.129. The first-order valence-electron chi connectivity index (χ1n) is 10.5. The molecule has 148 valence electrons. The lowest BCUT2D eigenvalue weighted by Gasteiger charge is -2.40. The number of hydrogen-bond donors (Lipinski definition) is 1. The van der Waals surface area contributed by atoms with E-state index in [1.165, 1.54) is 5.69 Å². The highest BCUT2D eigenvalue weighted by molar-refractivity contribution is 5.80. The fourth-order valence-electron chi connectivity index (χ4n) is 4.98. The number of para-hydroxylation sites is 1. The van der Waals surface area contributed by atoms with Gasteiger partial charge in [0.2, 0.25) is 0 Å². The molecule has 3 aliphatic rings. The van der Waals surface area contributed by atoms with E-state index in [-0.39, 0.29) is 12.0 Å². The highest BCUT2D eigenvalue weighted by Gasteiger charge is 2.38. The van der Waals surface area contributed by atoms with E-state index in [9.17, 15) is 4.39 Å². The number of halogens is 1. The van der Waals surface area contributed by atoms with Crippen LogP contribution in [0, 0.1) is 5.82 Å². The quantitative estimate of drug-likeness (QED) is 0.856. The van der Waals surface area contributed by atoms with Crippen molar-refractivity contribution in [2.75, 3.05) is 29.9 Å². The van der Waals surface area contributed by atoms with Gasteiger partial charge in [-0.25, -0.2) is 4.39 Å². The number of nitrogens with zero attached hydrogens (tertiary/aromatic N) is 2. The van der Waals surface area contributed by atoms with Gasteiger partial charge >= 0.3 is 0 Å². The lowest BCUT2D eigenvalue weighted by molar-refractivity contribution is 0.0978. The van der Waals surface area contributed by atoms with Crippen molar-refractivity contribution in [2.45, 2.75) is 50.9 Å². The van der Waals surface area contributed by atoms with Crippen molar-refractivity contribution in [2.24, 2.45) is 0 Å². The third kappa shape index (κ3) is 3.32. The molecule has 0 amide bonds. The lowest BCUT2D eigenvalue weighted by atomic mass is 9.96. The topological polar surface area (TPSA) is 27.7 Å². The number of rotatable bonds is 4. The first-order valence-corrected chi connectivity index (χ1v) is 10.5. The average molecular weight is 381 g/mol. The van der Waals surface area contributed by atoms with Gasteiger partial charge < -0.3 is 15.0 Å². The summed E-state index contributed by atoms with van der Waals surface area (Å²) in [5.41, 5.74) is 3.35. The van der Waals surface area contributed by atoms with Gasteiger partial charge in [0.05, 0.1) is 11.4 Å². The fourth-order valence-corrected chi connectivity index (χ4v) is 4.98. The van der Waals surface area contributed by atoms with Crippen LogP contribution in [0.3, 0.4) is 0 Å². The van der Waals surface area contributed by atoms with Gasteiger partial charge in [-0.3, -0.25) is 4.90 Å². The average Bonchev–Trinajstić information content (AvgIpc) is 3.06. The molecule has 28 heavy (non-hydrogen) atoms. The zero-order valence-electron chi connectivity index (χ0n) is 16.4. The van der Waals surface area contributed by atoms with Crippen LogP contribution in [-0.2, 0) is 6.42 Å². The number of benzene rings is 2. The summed E-state index contributed by atoms with van der Waals surface area (Å²) in [6, 6.07) is 14.0. The second kappa shape index (κ2) is 7.28. The highest BCUT2D eigenvalue weighted by atomic mass is 19.1. The lowest BCUT2D eigenvalue weighted by Crippen LogP contribution is -2.52. The summed E-state index contributed by atoms with van der Waals surface area (Å²) < 4.78 is 20.1. The van der Waals surface area contributed by atoms with Crippen molar-refractivity contribution in [3.63, 3.8) is 0 Å². The molecule has 0 aromatic heterocycles. The number of likely N-dealkylation sites (tertiary alicyclic amines) is 1. The van der Waals surface area contributed by atoms with E-state index < -0.39 is 0 Å². The van der Waals surface area contributed by atoms with Crippen LogP contribution in [0.15, 0.2) is 42.5 Å². The molecule has 5 heteroatoms. The molecule has 5 rings (SSSR count). The largest absolute Gasteiger partial charge is 0.490 e. The van der Waals surface area contributed by atoms with Gasteiger partial charge in [-0.05, 0) is 62.4 Å². The molecule has 2 unspecified atom stereocenters. The van der Waals surface area contributed by atoms with Gasteiger partial charge in [0.1, 0.15) is 23.8 Å². The van der Waals surface area contributed by atoms with Gasteiger partial charge in [-0.15, -0.1) is 0 Å². The van der Waals surface area contributed by atoms with Crippen molar-refractivity contribution in [3.05, 3.63) is 53.8 Å². The van der Waals surface area contributed by atoms with E-state index in [4.69, 9.17) is 4.74 Å². The second-order valence-electron chi connectivity index (χ2n) is 8.35. The van der Waals surface area contributed by atoms with Crippen LogP contribution in [0.25, 0.3) is 0 Å². The van der Waals surface area contributed by atoms with Crippen molar-refractivity contribution < 1.29 is 9.13 Å². The summed E-state index contributed by atoms with van der Waals surface area (Å²) in [6.07, 6.45) is 4.66. The molecule has 3 aliphatic heterocycles. The van der Waals surface area contributed by atoms with Crippen LogP contribution in [-0.4, -0.2) is 42.8 Å². The standard InChI is InChI=1S/C23H28FN3O/c1-16-7-8-17-13-18(24)14-21-23(17)27(16)22(25-21)15-26-11-9-20(10-12-26)28-19-5-3-2-4-6-19/h2-6,13-14,16,20,22,25H,7-12,15H2,1H3. The number of ether oxygens (including phenoxy) is 1. The van der Waals surface area contributed by atoms with Crippen LogP contribution in [0.4, 0.5) is 15.8 Å². The molecule has 2 aromatic carbocycles. The van der Waals surface area contributed by atoms with Crippen LogP contribution in [0.5, 0.6) is 5.75 Å². The van der Waals surface area contributed by atoms with E-state index in [1.807, 2.05) is 30.3 Å². The summed E-state index contributed by atoms with van der Waals surface area (Å²) in [5, 5.41) is 3.60. The number of aryl methyl sites for hydroxylation is 1. The van der Waals surface area contributed by atoms with Gasteiger partial charge in [0.25, 0.3) is 0 Å². The van der Waals surface area contributed by atoms with E-state index in [2.05, 4.69) is 22.0 Å². The maximum absolute atomic E-state index is 14.0. The second-order valence-corrected chi connectivity index (χ2v) is 8.35. The third-order valence-electron chi connectivity index (χ3n) is 6.39. The molecular formula is C23H28FN3O. The minimum Gasteiger partial charge on any atom is -0.490 e. The summed E-state index contributed by atoms with van der Waals surface area (Å²) in [6.45, 7) is 5.32. The Labute approximate surface area is 166 Å². The Hall–Kier alpha value is -2.27. The monoisotopic (exact) mass is 381 g/mol. The van der Waals surface area contributed by atoms with E-state index in [0.717, 1.165) is 62.3 Å². The van der Waals surface area contributed by atoms with Crippen molar-refractivity contribution in [1.82, 2.24) is 4.90 Å². The molecule has 0 bridgehead atoms. The van der Waals surface area contributed by atoms with Crippen molar-refractivity contribution in [1.29, 1.82) is 0 Å².